The molecule has 0 saturated carbocycles. The number of aromatic amines is 1. The van der Waals surface area contributed by atoms with Crippen LogP contribution in [0.5, 0.6) is 0 Å². The number of anilines is 1. The third kappa shape index (κ3) is 2.70. The Kier molecular flexibility index (Phi) is 3.74. The first-order valence-corrected chi connectivity index (χ1v) is 5.69. The lowest BCUT2D eigenvalue weighted by Crippen LogP contribution is -2.27. The molecule has 2 heterocycles. The predicted molar refractivity (Wildman–Crippen MR) is 68.1 cm³/mol. The summed E-state index contributed by atoms with van der Waals surface area (Å²) in [6, 6.07) is 1.37. The molecule has 0 aromatic carbocycles. The molecular formula is C12H14FN5O. The first-order valence-electron chi connectivity index (χ1n) is 5.69. The van der Waals surface area contributed by atoms with Gasteiger partial charge in [-0.25, -0.2) is 9.37 Å². The zero-order chi connectivity index (χ0) is 13.8. The van der Waals surface area contributed by atoms with Crippen LogP contribution in [-0.2, 0) is 6.54 Å². The van der Waals surface area contributed by atoms with Gasteiger partial charge in [0, 0.05) is 38.6 Å². The molecule has 0 aliphatic heterocycles. The van der Waals surface area contributed by atoms with E-state index in [1.807, 2.05) is 0 Å². The number of H-pyrrole nitrogens is 1. The molecule has 100 valence electrons. The van der Waals surface area contributed by atoms with Crippen molar-refractivity contribution in [1.29, 1.82) is 0 Å². The van der Waals surface area contributed by atoms with E-state index in [1.165, 1.54) is 17.2 Å². The summed E-state index contributed by atoms with van der Waals surface area (Å²) in [5, 5.41) is 9.06. The summed E-state index contributed by atoms with van der Waals surface area (Å²) < 4.78 is 14.0. The molecule has 2 N–H and O–H groups in total. The van der Waals surface area contributed by atoms with E-state index in [9.17, 15) is 9.18 Å². The maximum absolute atomic E-state index is 14.0. The third-order valence-corrected chi connectivity index (χ3v) is 2.68. The molecule has 19 heavy (non-hydrogen) atoms. The van der Waals surface area contributed by atoms with Crippen LogP contribution in [0.2, 0.25) is 0 Å². The fourth-order valence-corrected chi connectivity index (χ4v) is 1.70. The Hall–Kier alpha value is -2.44. The Morgan fingerprint density at radius 1 is 1.58 bits per heavy atom. The molecule has 0 radical (unpaired) electrons. The Labute approximate surface area is 109 Å². The number of pyridine rings is 1. The molecule has 0 aliphatic carbocycles. The van der Waals surface area contributed by atoms with Crippen molar-refractivity contribution in [3.63, 3.8) is 0 Å². The molecule has 2 rings (SSSR count). The normalized spacial score (nSPS) is 10.3. The largest absolute Gasteiger partial charge is 0.371 e. The highest BCUT2D eigenvalue weighted by Crippen LogP contribution is 2.16. The van der Waals surface area contributed by atoms with Gasteiger partial charge in [-0.05, 0) is 6.07 Å². The van der Waals surface area contributed by atoms with Crippen LogP contribution >= 0.6 is 0 Å². The van der Waals surface area contributed by atoms with E-state index in [2.05, 4.69) is 20.5 Å². The zero-order valence-corrected chi connectivity index (χ0v) is 10.6. The van der Waals surface area contributed by atoms with Gasteiger partial charge in [-0.2, -0.15) is 5.10 Å². The average molecular weight is 263 g/mol. The lowest BCUT2D eigenvalue weighted by Gasteiger charge is -2.17. The second-order valence-electron chi connectivity index (χ2n) is 4.04. The molecule has 1 amide bonds. The van der Waals surface area contributed by atoms with Crippen LogP contribution in [0, 0.1) is 5.82 Å². The maximum Gasteiger partial charge on any atom is 0.257 e. The number of amides is 1. The molecule has 0 fully saturated rings. The molecule has 0 saturated heterocycles. The van der Waals surface area contributed by atoms with Crippen molar-refractivity contribution in [3.05, 3.63) is 41.6 Å². The van der Waals surface area contributed by atoms with Gasteiger partial charge >= 0.3 is 0 Å². The topological polar surface area (TPSA) is 73.9 Å². The Bertz CT molecular complexity index is 570. The maximum atomic E-state index is 14.0. The third-order valence-electron chi connectivity index (χ3n) is 2.68. The number of halogens is 1. The highest BCUT2D eigenvalue weighted by atomic mass is 19.1. The van der Waals surface area contributed by atoms with Gasteiger partial charge in [-0.15, -0.1) is 0 Å². The number of carbonyl (C=O) groups excluding carboxylic acids is 1. The molecule has 0 unspecified atom stereocenters. The van der Waals surface area contributed by atoms with Crippen LogP contribution in [0.15, 0.2) is 24.7 Å². The molecular weight excluding hydrogens is 249 g/mol. The average Bonchev–Trinajstić information content (AvgIpc) is 2.91. The van der Waals surface area contributed by atoms with Crippen LogP contribution in [0.3, 0.4) is 0 Å². The Morgan fingerprint density at radius 3 is 3.00 bits per heavy atom. The van der Waals surface area contributed by atoms with E-state index in [-0.39, 0.29) is 11.4 Å². The highest BCUT2D eigenvalue weighted by Gasteiger charge is 2.19. The minimum atomic E-state index is -0.644. The summed E-state index contributed by atoms with van der Waals surface area (Å²) in [7, 11) is 3.16. The number of hydrogen-bond acceptors (Lipinski definition) is 4. The van der Waals surface area contributed by atoms with Crippen molar-refractivity contribution in [2.45, 2.75) is 6.54 Å². The standard InChI is InChI=1S/C12H14FN5O/c1-14-11-10(13)9(3-4-15-11)12(19)18(2)7-8-5-16-17-6-8/h3-6H,7H2,1-2H3,(H,14,15)(H,16,17). The van der Waals surface area contributed by atoms with Gasteiger partial charge in [0.05, 0.1) is 11.8 Å². The first kappa shape index (κ1) is 13.0. The number of nitrogens with one attached hydrogen (secondary N) is 2. The number of carbonyl (C=O) groups is 1. The monoisotopic (exact) mass is 263 g/mol. The predicted octanol–water partition coefficient (Wildman–Crippen LogP) is 1.26. The highest BCUT2D eigenvalue weighted by molar-refractivity contribution is 5.95. The second kappa shape index (κ2) is 5.47. The minimum absolute atomic E-state index is 0.00894. The van der Waals surface area contributed by atoms with Crippen molar-refractivity contribution in [2.75, 3.05) is 19.4 Å². The summed E-state index contributed by atoms with van der Waals surface area (Å²) in [6.45, 7) is 0.353. The van der Waals surface area contributed by atoms with Crippen LogP contribution in [-0.4, -0.2) is 40.1 Å². The van der Waals surface area contributed by atoms with Crippen molar-refractivity contribution >= 4 is 11.7 Å². The summed E-state index contributed by atoms with van der Waals surface area (Å²) in [4.78, 5) is 17.4. The van der Waals surface area contributed by atoms with E-state index in [1.54, 1.807) is 26.5 Å². The van der Waals surface area contributed by atoms with E-state index in [0.29, 0.717) is 6.54 Å². The van der Waals surface area contributed by atoms with Gasteiger partial charge in [-0.1, -0.05) is 0 Å². The van der Waals surface area contributed by atoms with Crippen LogP contribution in [0.25, 0.3) is 0 Å². The van der Waals surface area contributed by atoms with Crippen molar-refractivity contribution in [3.8, 4) is 0 Å². The van der Waals surface area contributed by atoms with E-state index in [4.69, 9.17) is 0 Å². The van der Waals surface area contributed by atoms with Gasteiger partial charge < -0.3 is 10.2 Å². The van der Waals surface area contributed by atoms with E-state index >= 15 is 0 Å². The van der Waals surface area contributed by atoms with Crippen molar-refractivity contribution in [1.82, 2.24) is 20.1 Å². The lowest BCUT2D eigenvalue weighted by molar-refractivity contribution is 0.0780. The van der Waals surface area contributed by atoms with Crippen LogP contribution < -0.4 is 5.32 Å². The quantitative estimate of drug-likeness (QED) is 0.871. The fraction of sp³-hybridized carbons (Fsp3) is 0.250. The Balaban J connectivity index is 2.19. The number of aromatic nitrogens is 3. The minimum Gasteiger partial charge on any atom is -0.371 e. The van der Waals surface area contributed by atoms with Gasteiger partial charge in [-0.3, -0.25) is 9.89 Å². The number of nitrogens with zero attached hydrogens (tertiary/aromatic N) is 3. The van der Waals surface area contributed by atoms with Crippen LogP contribution in [0.4, 0.5) is 10.2 Å². The molecule has 6 nitrogen and oxygen atoms in total. The molecule has 0 atom stereocenters. The number of rotatable bonds is 4. The lowest BCUT2D eigenvalue weighted by atomic mass is 10.2. The van der Waals surface area contributed by atoms with E-state index < -0.39 is 11.7 Å². The zero-order valence-electron chi connectivity index (χ0n) is 10.6. The second-order valence-corrected chi connectivity index (χ2v) is 4.04. The molecule has 0 spiro atoms. The summed E-state index contributed by atoms with van der Waals surface area (Å²) in [6.07, 6.45) is 4.70. The molecule has 2 aromatic heterocycles. The summed E-state index contributed by atoms with van der Waals surface area (Å²) in [5.74, 6) is -0.991. The molecule has 0 bridgehead atoms. The summed E-state index contributed by atoms with van der Waals surface area (Å²) in [5.41, 5.74) is 0.837. The fourth-order valence-electron chi connectivity index (χ4n) is 1.70. The number of hydrogen-bond donors (Lipinski definition) is 2. The molecule has 2 aromatic rings. The van der Waals surface area contributed by atoms with Gasteiger partial charge in [0.2, 0.25) is 0 Å². The van der Waals surface area contributed by atoms with Gasteiger partial charge in [0.25, 0.3) is 5.91 Å². The van der Waals surface area contributed by atoms with Crippen LogP contribution in [0.1, 0.15) is 15.9 Å². The first-order chi connectivity index (χ1) is 9.13. The van der Waals surface area contributed by atoms with Crippen molar-refractivity contribution < 1.29 is 9.18 Å². The van der Waals surface area contributed by atoms with Crippen molar-refractivity contribution in [2.24, 2.45) is 0 Å². The molecule has 0 aliphatic rings. The SMILES string of the molecule is CNc1nccc(C(=O)N(C)Cc2cn[nH]c2)c1F. The Morgan fingerprint density at radius 2 is 2.37 bits per heavy atom. The smallest absolute Gasteiger partial charge is 0.257 e. The van der Waals surface area contributed by atoms with E-state index in [0.717, 1.165) is 5.56 Å². The summed E-state index contributed by atoms with van der Waals surface area (Å²) >= 11 is 0. The van der Waals surface area contributed by atoms with Gasteiger partial charge in [0.15, 0.2) is 11.6 Å². The van der Waals surface area contributed by atoms with Gasteiger partial charge in [0.1, 0.15) is 0 Å². The molecule has 7 heteroatoms.